The zero-order valence-corrected chi connectivity index (χ0v) is 12.7. The number of nitrogens with one attached hydrogen (secondary N) is 1. The molecule has 124 valence electrons. The van der Waals surface area contributed by atoms with Gasteiger partial charge in [0, 0.05) is 31.8 Å². The van der Waals surface area contributed by atoms with Gasteiger partial charge in [-0.3, -0.25) is 4.90 Å². The van der Waals surface area contributed by atoms with Crippen LogP contribution < -0.4 is 5.32 Å². The van der Waals surface area contributed by atoms with Crippen molar-refractivity contribution in [3.8, 4) is 0 Å². The summed E-state index contributed by atoms with van der Waals surface area (Å²) in [5, 5.41) is 11.6. The lowest BCUT2D eigenvalue weighted by Gasteiger charge is -2.47. The number of likely N-dealkylation sites (tertiary alicyclic amines) is 1. The minimum atomic E-state index is -4.14. The second kappa shape index (κ2) is 7.29. The Morgan fingerprint density at radius 1 is 1.19 bits per heavy atom. The van der Waals surface area contributed by atoms with Crippen LogP contribution >= 0.6 is 0 Å². The van der Waals surface area contributed by atoms with Gasteiger partial charge in [-0.25, -0.2) is 0 Å². The van der Waals surface area contributed by atoms with Crippen molar-refractivity contribution in [2.45, 2.75) is 57.3 Å². The van der Waals surface area contributed by atoms with Crippen molar-refractivity contribution >= 4 is 0 Å². The summed E-state index contributed by atoms with van der Waals surface area (Å²) in [4.78, 5) is 2.37. The maximum Gasteiger partial charge on any atom is 0.401 e. The zero-order valence-electron chi connectivity index (χ0n) is 12.7. The predicted octanol–water partition coefficient (Wildman–Crippen LogP) is 2.40. The Labute approximate surface area is 124 Å². The lowest BCUT2D eigenvalue weighted by molar-refractivity contribution is -0.127. The zero-order chi connectivity index (χ0) is 15.5. The van der Waals surface area contributed by atoms with Crippen molar-refractivity contribution in [2.75, 3.05) is 26.2 Å². The van der Waals surface area contributed by atoms with Gasteiger partial charge in [-0.2, -0.15) is 13.2 Å². The molecule has 0 aromatic rings. The Morgan fingerprint density at radius 2 is 1.90 bits per heavy atom. The van der Waals surface area contributed by atoms with Gasteiger partial charge in [0.2, 0.25) is 0 Å². The SMILES string of the molecule is CC1CC(N2CC(CCCO)CC(NCC(F)(F)F)C2)C1. The van der Waals surface area contributed by atoms with Crippen molar-refractivity contribution in [1.82, 2.24) is 10.2 Å². The van der Waals surface area contributed by atoms with Crippen LogP contribution in [0.2, 0.25) is 0 Å². The van der Waals surface area contributed by atoms with E-state index in [1.54, 1.807) is 0 Å². The van der Waals surface area contributed by atoms with Crippen LogP contribution in [-0.2, 0) is 0 Å². The summed E-state index contributed by atoms with van der Waals surface area (Å²) in [5.74, 6) is 1.14. The molecule has 1 heterocycles. The van der Waals surface area contributed by atoms with E-state index in [0.717, 1.165) is 38.3 Å². The van der Waals surface area contributed by atoms with E-state index in [4.69, 9.17) is 5.11 Å². The van der Waals surface area contributed by atoms with Crippen LogP contribution in [0.25, 0.3) is 0 Å². The fourth-order valence-corrected chi connectivity index (χ4v) is 3.69. The summed E-state index contributed by atoms with van der Waals surface area (Å²) >= 11 is 0. The normalized spacial score (nSPS) is 34.7. The van der Waals surface area contributed by atoms with Gasteiger partial charge in [0.05, 0.1) is 6.54 Å². The average molecular weight is 308 g/mol. The number of nitrogens with zero attached hydrogens (tertiary/aromatic N) is 1. The largest absolute Gasteiger partial charge is 0.401 e. The standard InChI is InChI=1S/C15H27F3N2O/c1-11-5-14(6-11)20-8-12(3-2-4-21)7-13(9-20)19-10-15(16,17)18/h11-14,19,21H,2-10H2,1H3. The maximum absolute atomic E-state index is 12.4. The highest BCUT2D eigenvalue weighted by atomic mass is 19.4. The van der Waals surface area contributed by atoms with Gasteiger partial charge >= 0.3 is 6.18 Å². The van der Waals surface area contributed by atoms with E-state index in [0.29, 0.717) is 12.0 Å². The first-order chi connectivity index (χ1) is 9.87. The number of hydrogen-bond acceptors (Lipinski definition) is 3. The number of aliphatic hydroxyl groups excluding tert-OH is 1. The highest BCUT2D eigenvalue weighted by Gasteiger charge is 2.37. The summed E-state index contributed by atoms with van der Waals surface area (Å²) < 4.78 is 37.2. The molecule has 2 atom stereocenters. The van der Waals surface area contributed by atoms with E-state index in [9.17, 15) is 13.2 Å². The molecule has 0 amide bonds. The van der Waals surface area contributed by atoms with Crippen LogP contribution in [-0.4, -0.2) is 54.5 Å². The second-order valence-electron chi connectivity index (χ2n) is 6.84. The van der Waals surface area contributed by atoms with E-state index < -0.39 is 12.7 Å². The molecular formula is C15H27F3N2O. The third-order valence-corrected chi connectivity index (χ3v) is 4.79. The minimum Gasteiger partial charge on any atom is -0.396 e. The van der Waals surface area contributed by atoms with Gasteiger partial charge in [-0.1, -0.05) is 6.92 Å². The van der Waals surface area contributed by atoms with Gasteiger partial charge in [0.25, 0.3) is 0 Å². The van der Waals surface area contributed by atoms with E-state index in [-0.39, 0.29) is 12.6 Å². The fraction of sp³-hybridized carbons (Fsp3) is 1.00. The molecule has 1 aliphatic heterocycles. The molecule has 1 saturated carbocycles. The first-order valence-electron chi connectivity index (χ1n) is 8.02. The van der Waals surface area contributed by atoms with Crippen molar-refractivity contribution < 1.29 is 18.3 Å². The number of alkyl halides is 3. The van der Waals surface area contributed by atoms with Crippen LogP contribution in [0, 0.1) is 11.8 Å². The summed E-state index contributed by atoms with van der Waals surface area (Å²) in [5.41, 5.74) is 0. The van der Waals surface area contributed by atoms with Crippen LogP contribution in [0.5, 0.6) is 0 Å². The average Bonchev–Trinajstić information content (AvgIpc) is 2.38. The van der Waals surface area contributed by atoms with Gasteiger partial charge in [-0.15, -0.1) is 0 Å². The molecule has 2 N–H and O–H groups in total. The molecule has 3 nitrogen and oxygen atoms in total. The van der Waals surface area contributed by atoms with Crippen LogP contribution in [0.4, 0.5) is 13.2 Å². The van der Waals surface area contributed by atoms with Crippen LogP contribution in [0.3, 0.4) is 0 Å². The number of aliphatic hydroxyl groups is 1. The van der Waals surface area contributed by atoms with E-state index in [2.05, 4.69) is 17.1 Å². The molecule has 2 aliphatic rings. The number of hydrogen-bond donors (Lipinski definition) is 2. The predicted molar refractivity (Wildman–Crippen MR) is 76.0 cm³/mol. The number of piperidine rings is 1. The lowest BCUT2D eigenvalue weighted by Crippen LogP contribution is -2.56. The van der Waals surface area contributed by atoms with E-state index >= 15 is 0 Å². The quantitative estimate of drug-likeness (QED) is 0.791. The Bertz CT molecular complexity index is 319. The molecule has 21 heavy (non-hydrogen) atoms. The molecule has 0 bridgehead atoms. The fourth-order valence-electron chi connectivity index (χ4n) is 3.69. The molecule has 6 heteroatoms. The summed E-state index contributed by atoms with van der Waals surface area (Å²) in [6.07, 6.45) is 0.616. The molecule has 1 aliphatic carbocycles. The number of halogens is 3. The molecule has 2 fully saturated rings. The van der Waals surface area contributed by atoms with Gasteiger partial charge in [-0.05, 0) is 43.9 Å². The highest BCUT2D eigenvalue weighted by molar-refractivity contribution is 4.92. The Hall–Kier alpha value is -0.330. The molecule has 0 aromatic carbocycles. The van der Waals surface area contributed by atoms with E-state index in [1.165, 1.54) is 12.8 Å². The molecule has 0 aromatic heterocycles. The van der Waals surface area contributed by atoms with Crippen LogP contribution in [0.1, 0.15) is 39.0 Å². The molecule has 1 saturated heterocycles. The summed E-state index contributed by atoms with van der Waals surface area (Å²) in [7, 11) is 0. The lowest BCUT2D eigenvalue weighted by atomic mass is 9.78. The Balaban J connectivity index is 1.86. The minimum absolute atomic E-state index is 0.0834. The third-order valence-electron chi connectivity index (χ3n) is 4.79. The topological polar surface area (TPSA) is 35.5 Å². The molecule has 2 unspecified atom stereocenters. The molecule has 2 rings (SSSR count). The van der Waals surface area contributed by atoms with Gasteiger partial charge in [0.1, 0.15) is 0 Å². The van der Waals surface area contributed by atoms with Crippen molar-refractivity contribution in [3.05, 3.63) is 0 Å². The number of rotatable bonds is 6. The van der Waals surface area contributed by atoms with Crippen molar-refractivity contribution in [1.29, 1.82) is 0 Å². The Kier molecular flexibility index (Phi) is 5.91. The first kappa shape index (κ1) is 17.0. The van der Waals surface area contributed by atoms with Crippen molar-refractivity contribution in [2.24, 2.45) is 11.8 Å². The van der Waals surface area contributed by atoms with Gasteiger partial charge in [0.15, 0.2) is 0 Å². The summed E-state index contributed by atoms with van der Waals surface area (Å²) in [6, 6.07) is 0.465. The molecule has 0 radical (unpaired) electrons. The molecule has 0 spiro atoms. The van der Waals surface area contributed by atoms with Crippen molar-refractivity contribution in [3.63, 3.8) is 0 Å². The monoisotopic (exact) mass is 308 g/mol. The Morgan fingerprint density at radius 3 is 2.48 bits per heavy atom. The molecular weight excluding hydrogens is 281 g/mol. The second-order valence-corrected chi connectivity index (χ2v) is 6.84. The van der Waals surface area contributed by atoms with Crippen LogP contribution in [0.15, 0.2) is 0 Å². The van der Waals surface area contributed by atoms with E-state index in [1.807, 2.05) is 0 Å². The summed E-state index contributed by atoms with van der Waals surface area (Å²) in [6.45, 7) is 3.19. The smallest absolute Gasteiger partial charge is 0.396 e. The van der Waals surface area contributed by atoms with Gasteiger partial charge < -0.3 is 10.4 Å². The maximum atomic E-state index is 12.4. The first-order valence-corrected chi connectivity index (χ1v) is 8.02. The third kappa shape index (κ3) is 5.42. The highest BCUT2D eigenvalue weighted by Crippen LogP contribution is 2.34.